The molecular formula is C21H18N6O. The number of hydrogen-bond donors (Lipinski definition) is 2. The van der Waals surface area contributed by atoms with E-state index in [9.17, 15) is 4.79 Å². The lowest BCUT2D eigenvalue weighted by Crippen LogP contribution is -2.15. The Hall–Kier alpha value is -3.87. The Balaban J connectivity index is 1.65. The van der Waals surface area contributed by atoms with E-state index < -0.39 is 0 Å². The molecule has 28 heavy (non-hydrogen) atoms. The summed E-state index contributed by atoms with van der Waals surface area (Å²) in [5, 5.41) is 9.90. The SMILES string of the molecule is Cc1ncc(C(=O)Nc2cccc(-c3n[nH]c(C)n3)c2)c(-c2ccccc2)n1. The monoisotopic (exact) mass is 370 g/mol. The van der Waals surface area contributed by atoms with Crippen molar-refractivity contribution in [2.24, 2.45) is 0 Å². The van der Waals surface area contributed by atoms with Gasteiger partial charge >= 0.3 is 0 Å². The van der Waals surface area contributed by atoms with Gasteiger partial charge in [-0.3, -0.25) is 9.89 Å². The molecule has 2 heterocycles. The summed E-state index contributed by atoms with van der Waals surface area (Å²) in [6.07, 6.45) is 1.56. The predicted octanol–water partition coefficient (Wildman–Crippen LogP) is 3.80. The molecule has 0 aliphatic heterocycles. The number of benzene rings is 2. The van der Waals surface area contributed by atoms with Gasteiger partial charge in [0, 0.05) is 23.0 Å². The van der Waals surface area contributed by atoms with Crippen molar-refractivity contribution in [1.82, 2.24) is 25.1 Å². The Kier molecular flexibility index (Phi) is 4.63. The number of carbonyl (C=O) groups is 1. The van der Waals surface area contributed by atoms with Crippen molar-refractivity contribution in [3.8, 4) is 22.6 Å². The van der Waals surface area contributed by atoms with Crippen LogP contribution in [0.1, 0.15) is 22.0 Å². The van der Waals surface area contributed by atoms with Crippen molar-refractivity contribution < 1.29 is 4.79 Å². The molecule has 0 aliphatic carbocycles. The molecule has 2 N–H and O–H groups in total. The second-order valence-electron chi connectivity index (χ2n) is 6.32. The van der Waals surface area contributed by atoms with Gasteiger partial charge in [-0.1, -0.05) is 42.5 Å². The normalized spacial score (nSPS) is 10.6. The molecule has 7 heteroatoms. The number of carbonyl (C=O) groups excluding carboxylic acids is 1. The number of aromatic amines is 1. The average Bonchev–Trinajstić information content (AvgIpc) is 3.15. The van der Waals surface area contributed by atoms with Crippen LogP contribution in [0.25, 0.3) is 22.6 Å². The molecule has 2 aromatic heterocycles. The summed E-state index contributed by atoms with van der Waals surface area (Å²) < 4.78 is 0. The van der Waals surface area contributed by atoms with Crippen molar-refractivity contribution in [1.29, 1.82) is 0 Å². The molecule has 0 unspecified atom stereocenters. The summed E-state index contributed by atoms with van der Waals surface area (Å²) >= 11 is 0. The third-order valence-corrected chi connectivity index (χ3v) is 4.18. The third kappa shape index (κ3) is 3.64. The molecule has 0 saturated carbocycles. The van der Waals surface area contributed by atoms with Gasteiger partial charge in [-0.15, -0.1) is 0 Å². The van der Waals surface area contributed by atoms with Crippen LogP contribution >= 0.6 is 0 Å². The summed E-state index contributed by atoms with van der Waals surface area (Å²) in [7, 11) is 0. The number of H-pyrrole nitrogens is 1. The number of nitrogens with zero attached hydrogens (tertiary/aromatic N) is 4. The van der Waals surface area contributed by atoms with E-state index in [1.54, 1.807) is 13.1 Å². The van der Waals surface area contributed by atoms with Crippen LogP contribution in [0.3, 0.4) is 0 Å². The smallest absolute Gasteiger partial charge is 0.259 e. The maximum absolute atomic E-state index is 12.9. The van der Waals surface area contributed by atoms with Crippen LogP contribution in [-0.4, -0.2) is 31.1 Å². The van der Waals surface area contributed by atoms with E-state index in [0.29, 0.717) is 28.6 Å². The zero-order valence-electron chi connectivity index (χ0n) is 15.5. The minimum Gasteiger partial charge on any atom is -0.322 e. The molecule has 2 aromatic carbocycles. The van der Waals surface area contributed by atoms with Crippen LogP contribution in [-0.2, 0) is 0 Å². The first-order chi connectivity index (χ1) is 13.6. The van der Waals surface area contributed by atoms with E-state index >= 15 is 0 Å². The van der Waals surface area contributed by atoms with Crippen LogP contribution in [0.2, 0.25) is 0 Å². The van der Waals surface area contributed by atoms with Gasteiger partial charge in [0.25, 0.3) is 5.91 Å². The first kappa shape index (κ1) is 17.5. The standard InChI is InChI=1S/C21H18N6O/c1-13-22-12-18(19(23-13)15-7-4-3-5-8-15)21(28)25-17-10-6-9-16(11-17)20-24-14(2)26-27-20/h3-12H,1-2H3,(H,25,28)(H,24,26,27). The van der Waals surface area contributed by atoms with E-state index in [1.165, 1.54) is 0 Å². The van der Waals surface area contributed by atoms with Crippen LogP contribution in [0, 0.1) is 13.8 Å². The van der Waals surface area contributed by atoms with Gasteiger partial charge in [0.15, 0.2) is 5.82 Å². The molecule has 4 aromatic rings. The molecule has 4 rings (SSSR count). The Morgan fingerprint density at radius 2 is 1.75 bits per heavy atom. The molecular weight excluding hydrogens is 352 g/mol. The van der Waals surface area contributed by atoms with E-state index in [1.807, 2.05) is 61.5 Å². The summed E-state index contributed by atoms with van der Waals surface area (Å²) in [4.78, 5) is 25.9. The maximum atomic E-state index is 12.9. The van der Waals surface area contributed by atoms with E-state index in [2.05, 4.69) is 30.5 Å². The van der Waals surface area contributed by atoms with Gasteiger partial charge in [-0.2, -0.15) is 5.10 Å². The van der Waals surface area contributed by atoms with E-state index in [-0.39, 0.29) is 5.91 Å². The van der Waals surface area contributed by atoms with Gasteiger partial charge < -0.3 is 5.32 Å². The van der Waals surface area contributed by atoms with Gasteiger partial charge in [0.1, 0.15) is 11.6 Å². The maximum Gasteiger partial charge on any atom is 0.259 e. The summed E-state index contributed by atoms with van der Waals surface area (Å²) in [6, 6.07) is 17.0. The number of hydrogen-bond acceptors (Lipinski definition) is 5. The molecule has 1 amide bonds. The van der Waals surface area contributed by atoms with Gasteiger partial charge in [-0.25, -0.2) is 15.0 Å². The highest BCUT2D eigenvalue weighted by Gasteiger charge is 2.16. The molecule has 0 saturated heterocycles. The zero-order chi connectivity index (χ0) is 19.5. The molecule has 138 valence electrons. The fourth-order valence-electron chi connectivity index (χ4n) is 2.86. The Morgan fingerprint density at radius 3 is 2.50 bits per heavy atom. The third-order valence-electron chi connectivity index (χ3n) is 4.18. The lowest BCUT2D eigenvalue weighted by molar-refractivity contribution is 0.102. The number of aryl methyl sites for hydroxylation is 2. The van der Waals surface area contributed by atoms with Crippen molar-refractivity contribution >= 4 is 11.6 Å². The average molecular weight is 370 g/mol. The fourth-order valence-corrected chi connectivity index (χ4v) is 2.86. The molecule has 0 aliphatic rings. The Bertz CT molecular complexity index is 1140. The quantitative estimate of drug-likeness (QED) is 0.570. The predicted molar refractivity (Wildman–Crippen MR) is 107 cm³/mol. The minimum atomic E-state index is -0.276. The topological polar surface area (TPSA) is 96.5 Å². The lowest BCUT2D eigenvalue weighted by Gasteiger charge is -2.10. The molecule has 0 spiro atoms. The van der Waals surface area contributed by atoms with Crippen LogP contribution in [0.4, 0.5) is 5.69 Å². The van der Waals surface area contributed by atoms with Gasteiger partial charge in [0.2, 0.25) is 0 Å². The lowest BCUT2D eigenvalue weighted by atomic mass is 10.1. The molecule has 0 bridgehead atoms. The fraction of sp³-hybridized carbons (Fsp3) is 0.0952. The van der Waals surface area contributed by atoms with Gasteiger partial charge in [0.05, 0.1) is 11.3 Å². The first-order valence-corrected chi connectivity index (χ1v) is 8.80. The second kappa shape index (κ2) is 7.40. The Morgan fingerprint density at radius 1 is 0.964 bits per heavy atom. The van der Waals surface area contributed by atoms with E-state index in [0.717, 1.165) is 17.0 Å². The number of anilines is 1. The molecule has 7 nitrogen and oxygen atoms in total. The van der Waals surface area contributed by atoms with Crippen molar-refractivity contribution in [3.63, 3.8) is 0 Å². The zero-order valence-corrected chi connectivity index (χ0v) is 15.5. The van der Waals surface area contributed by atoms with Crippen LogP contribution < -0.4 is 5.32 Å². The number of amides is 1. The van der Waals surface area contributed by atoms with Crippen molar-refractivity contribution in [3.05, 3.63) is 78.0 Å². The summed E-state index contributed by atoms with van der Waals surface area (Å²) in [5.74, 6) is 1.64. The van der Waals surface area contributed by atoms with Gasteiger partial charge in [-0.05, 0) is 26.0 Å². The highest BCUT2D eigenvalue weighted by molar-refractivity contribution is 6.08. The van der Waals surface area contributed by atoms with E-state index in [4.69, 9.17) is 0 Å². The number of rotatable bonds is 4. The first-order valence-electron chi connectivity index (χ1n) is 8.80. The molecule has 0 fully saturated rings. The highest BCUT2D eigenvalue weighted by Crippen LogP contribution is 2.23. The molecule has 0 radical (unpaired) electrons. The summed E-state index contributed by atoms with van der Waals surface area (Å²) in [6.45, 7) is 3.64. The Labute approximate surface area is 161 Å². The van der Waals surface area contributed by atoms with Crippen LogP contribution in [0.5, 0.6) is 0 Å². The van der Waals surface area contributed by atoms with Crippen LogP contribution in [0.15, 0.2) is 60.8 Å². The van der Waals surface area contributed by atoms with Crippen molar-refractivity contribution in [2.45, 2.75) is 13.8 Å². The second-order valence-corrected chi connectivity index (χ2v) is 6.32. The van der Waals surface area contributed by atoms with Crippen molar-refractivity contribution in [2.75, 3.05) is 5.32 Å². The number of aromatic nitrogens is 5. The summed E-state index contributed by atoms with van der Waals surface area (Å²) in [5.41, 5.74) is 3.33. The number of nitrogens with one attached hydrogen (secondary N) is 2. The molecule has 0 atom stereocenters. The largest absolute Gasteiger partial charge is 0.322 e. The minimum absolute atomic E-state index is 0.276. The highest BCUT2D eigenvalue weighted by atomic mass is 16.1.